The molecule has 2 N–H and O–H groups in total. The van der Waals surface area contributed by atoms with Gasteiger partial charge in [0, 0.05) is 17.8 Å². The topological polar surface area (TPSA) is 38.9 Å². The van der Waals surface area contributed by atoms with Gasteiger partial charge in [0.25, 0.3) is 0 Å². The number of thiazole rings is 1. The van der Waals surface area contributed by atoms with Gasteiger partial charge in [0.1, 0.15) is 0 Å². The molecule has 0 saturated carbocycles. The molecule has 2 atom stereocenters. The van der Waals surface area contributed by atoms with E-state index in [1.165, 1.54) is 23.6 Å². The zero-order chi connectivity index (χ0) is 9.97. The Morgan fingerprint density at radius 3 is 3.14 bits per heavy atom. The van der Waals surface area contributed by atoms with Crippen molar-refractivity contribution in [3.63, 3.8) is 0 Å². The molecule has 0 bridgehead atoms. The first-order chi connectivity index (χ1) is 6.75. The van der Waals surface area contributed by atoms with Gasteiger partial charge in [-0.05, 0) is 30.8 Å². The Morgan fingerprint density at radius 1 is 1.71 bits per heavy atom. The molecule has 1 fully saturated rings. The van der Waals surface area contributed by atoms with E-state index in [0.29, 0.717) is 12.0 Å². The fourth-order valence-electron chi connectivity index (χ4n) is 1.80. The second-order valence-corrected chi connectivity index (χ2v) is 6.06. The molecule has 0 amide bonds. The maximum absolute atomic E-state index is 6.17. The summed E-state index contributed by atoms with van der Waals surface area (Å²) in [6.07, 6.45) is 2.24. The number of aryl methyl sites for hydroxylation is 1. The van der Waals surface area contributed by atoms with Gasteiger partial charge in [0.05, 0.1) is 10.7 Å². The predicted molar refractivity (Wildman–Crippen MR) is 64.0 cm³/mol. The van der Waals surface area contributed by atoms with Crippen molar-refractivity contribution in [2.45, 2.75) is 25.8 Å². The van der Waals surface area contributed by atoms with E-state index in [-0.39, 0.29) is 0 Å². The van der Waals surface area contributed by atoms with Crippen molar-refractivity contribution in [1.29, 1.82) is 0 Å². The van der Waals surface area contributed by atoms with Crippen LogP contribution in [0.3, 0.4) is 0 Å². The number of hydrogen-bond donors (Lipinski definition) is 1. The maximum Gasteiger partial charge on any atom is 0.0897 e. The first kappa shape index (κ1) is 10.5. The van der Waals surface area contributed by atoms with Gasteiger partial charge in [0.2, 0.25) is 0 Å². The van der Waals surface area contributed by atoms with Crippen molar-refractivity contribution in [2.75, 3.05) is 11.5 Å². The minimum atomic E-state index is 0.312. The molecule has 1 aromatic heterocycles. The highest BCUT2D eigenvalue weighted by molar-refractivity contribution is 7.99. The summed E-state index contributed by atoms with van der Waals surface area (Å²) in [7, 11) is 0. The lowest BCUT2D eigenvalue weighted by Gasteiger charge is -2.16. The molecule has 14 heavy (non-hydrogen) atoms. The van der Waals surface area contributed by atoms with E-state index < -0.39 is 0 Å². The van der Waals surface area contributed by atoms with Gasteiger partial charge >= 0.3 is 0 Å². The lowest BCUT2D eigenvalue weighted by Crippen LogP contribution is -2.32. The largest absolute Gasteiger partial charge is 0.327 e. The summed E-state index contributed by atoms with van der Waals surface area (Å²) in [6.45, 7) is 2.05. The number of nitrogens with zero attached hydrogens (tertiary/aromatic N) is 1. The van der Waals surface area contributed by atoms with Crippen LogP contribution in [-0.4, -0.2) is 22.5 Å². The number of nitrogens with two attached hydrogens (primary N) is 1. The monoisotopic (exact) mass is 228 g/mol. The fourth-order valence-corrected chi connectivity index (χ4v) is 3.78. The molecule has 2 unspecified atom stereocenters. The molecule has 0 spiro atoms. The Labute approximate surface area is 93.3 Å². The summed E-state index contributed by atoms with van der Waals surface area (Å²) in [5.41, 5.74) is 7.35. The highest BCUT2D eigenvalue weighted by atomic mass is 32.2. The average molecular weight is 228 g/mol. The van der Waals surface area contributed by atoms with Crippen molar-refractivity contribution >= 4 is 23.1 Å². The molecule has 4 heteroatoms. The van der Waals surface area contributed by atoms with Crippen molar-refractivity contribution in [1.82, 2.24) is 4.98 Å². The molecule has 1 aromatic rings. The average Bonchev–Trinajstić information content (AvgIpc) is 2.75. The molecule has 1 aliphatic heterocycles. The number of hydrogen-bond acceptors (Lipinski definition) is 4. The van der Waals surface area contributed by atoms with Crippen molar-refractivity contribution in [2.24, 2.45) is 11.7 Å². The highest BCUT2D eigenvalue weighted by Gasteiger charge is 2.22. The van der Waals surface area contributed by atoms with E-state index in [0.717, 1.165) is 11.4 Å². The first-order valence-corrected chi connectivity index (χ1v) is 7.03. The van der Waals surface area contributed by atoms with E-state index >= 15 is 0 Å². The van der Waals surface area contributed by atoms with E-state index in [1.54, 1.807) is 11.3 Å². The Morgan fingerprint density at radius 2 is 2.57 bits per heavy atom. The van der Waals surface area contributed by atoms with E-state index in [4.69, 9.17) is 5.73 Å². The predicted octanol–water partition coefficient (Wildman–Crippen LogP) is 2.07. The zero-order valence-corrected chi connectivity index (χ0v) is 10.0. The smallest absolute Gasteiger partial charge is 0.0897 e. The van der Waals surface area contributed by atoms with Crippen molar-refractivity contribution in [3.05, 3.63) is 16.1 Å². The van der Waals surface area contributed by atoms with Crippen LogP contribution in [0, 0.1) is 12.8 Å². The molecule has 1 aliphatic rings. The highest BCUT2D eigenvalue weighted by Crippen LogP contribution is 2.26. The second kappa shape index (κ2) is 4.64. The minimum absolute atomic E-state index is 0.312. The van der Waals surface area contributed by atoms with Gasteiger partial charge in [-0.3, -0.25) is 0 Å². The fraction of sp³-hybridized carbons (Fsp3) is 0.700. The van der Waals surface area contributed by atoms with Crippen molar-refractivity contribution < 1.29 is 0 Å². The van der Waals surface area contributed by atoms with E-state index in [1.807, 2.05) is 18.7 Å². The maximum atomic E-state index is 6.17. The third-order valence-corrected chi connectivity index (χ3v) is 4.69. The van der Waals surface area contributed by atoms with Crippen LogP contribution >= 0.6 is 23.1 Å². The van der Waals surface area contributed by atoms with Crippen LogP contribution in [0.5, 0.6) is 0 Å². The summed E-state index contributed by atoms with van der Waals surface area (Å²) in [5, 5.41) is 3.28. The third-order valence-electron chi connectivity index (χ3n) is 2.68. The molecule has 78 valence electrons. The van der Waals surface area contributed by atoms with Crippen LogP contribution in [-0.2, 0) is 6.42 Å². The summed E-state index contributed by atoms with van der Waals surface area (Å²) in [6, 6.07) is 0.312. The standard InChI is InChI=1S/C10H16N2S2/c1-7-12-9(6-14-7)4-10(11)8-2-3-13-5-8/h6,8,10H,2-5,11H2,1H3. The first-order valence-electron chi connectivity index (χ1n) is 5.00. The van der Waals surface area contributed by atoms with E-state index in [9.17, 15) is 0 Å². The molecule has 0 aliphatic carbocycles. The molecular formula is C10H16N2S2. The normalized spacial score (nSPS) is 24.0. The lowest BCUT2D eigenvalue weighted by molar-refractivity contribution is 0.460. The Kier molecular flexibility index (Phi) is 3.47. The van der Waals surface area contributed by atoms with Crippen molar-refractivity contribution in [3.8, 4) is 0 Å². The molecule has 2 nitrogen and oxygen atoms in total. The van der Waals surface area contributed by atoms with Gasteiger partial charge in [0.15, 0.2) is 0 Å². The lowest BCUT2D eigenvalue weighted by atomic mass is 9.96. The molecule has 0 aromatic carbocycles. The number of aromatic nitrogens is 1. The van der Waals surface area contributed by atoms with Gasteiger partial charge < -0.3 is 5.73 Å². The Hall–Kier alpha value is -0.0600. The quantitative estimate of drug-likeness (QED) is 0.861. The summed E-state index contributed by atoms with van der Waals surface area (Å²) in [4.78, 5) is 4.45. The SMILES string of the molecule is Cc1nc(CC(N)C2CCSC2)cs1. The van der Waals surface area contributed by atoms with Crippen LogP contribution in [0.2, 0.25) is 0 Å². The second-order valence-electron chi connectivity index (χ2n) is 3.85. The molecule has 2 rings (SSSR count). The molecule has 0 radical (unpaired) electrons. The summed E-state index contributed by atoms with van der Waals surface area (Å²) < 4.78 is 0. The molecular weight excluding hydrogens is 212 g/mol. The Bertz CT molecular complexity index is 292. The van der Waals surface area contributed by atoms with Gasteiger partial charge in [-0.2, -0.15) is 11.8 Å². The van der Waals surface area contributed by atoms with Crippen LogP contribution in [0.25, 0.3) is 0 Å². The van der Waals surface area contributed by atoms with Crippen LogP contribution in [0.1, 0.15) is 17.1 Å². The van der Waals surface area contributed by atoms with Gasteiger partial charge in [-0.15, -0.1) is 11.3 Å². The number of thioether (sulfide) groups is 1. The van der Waals surface area contributed by atoms with Crippen LogP contribution in [0.4, 0.5) is 0 Å². The van der Waals surface area contributed by atoms with Crippen LogP contribution < -0.4 is 5.73 Å². The Balaban J connectivity index is 1.90. The molecule has 1 saturated heterocycles. The molecule has 2 heterocycles. The van der Waals surface area contributed by atoms with Gasteiger partial charge in [-0.1, -0.05) is 0 Å². The minimum Gasteiger partial charge on any atom is -0.327 e. The zero-order valence-electron chi connectivity index (χ0n) is 8.40. The summed E-state index contributed by atoms with van der Waals surface area (Å²) >= 11 is 3.75. The third kappa shape index (κ3) is 2.49. The van der Waals surface area contributed by atoms with Gasteiger partial charge in [-0.25, -0.2) is 4.98 Å². The van der Waals surface area contributed by atoms with Crippen LogP contribution in [0.15, 0.2) is 5.38 Å². The number of rotatable bonds is 3. The van der Waals surface area contributed by atoms with E-state index in [2.05, 4.69) is 10.4 Å². The summed E-state index contributed by atoms with van der Waals surface area (Å²) in [5.74, 6) is 3.24.